The van der Waals surface area contributed by atoms with Crippen molar-refractivity contribution in [3.63, 3.8) is 0 Å². The minimum atomic E-state index is -4.27. The molecule has 0 aliphatic carbocycles. The van der Waals surface area contributed by atoms with Crippen LogP contribution in [0.2, 0.25) is 10.0 Å². The Morgan fingerprint density at radius 1 is 1.06 bits per heavy atom. The van der Waals surface area contributed by atoms with Crippen LogP contribution in [0, 0.1) is 0 Å². The van der Waals surface area contributed by atoms with E-state index in [0.717, 1.165) is 4.31 Å². The summed E-state index contributed by atoms with van der Waals surface area (Å²) in [5, 5.41) is 2.96. The number of anilines is 2. The van der Waals surface area contributed by atoms with Crippen molar-refractivity contribution < 1.29 is 26.8 Å². The topological polar surface area (TPSA) is 102 Å². The van der Waals surface area contributed by atoms with Crippen LogP contribution < -0.4 is 9.62 Å². The highest BCUT2D eigenvalue weighted by Gasteiger charge is 2.36. The zero-order valence-electron chi connectivity index (χ0n) is 16.8. The van der Waals surface area contributed by atoms with Crippen molar-refractivity contribution in [2.24, 2.45) is 0 Å². The third kappa shape index (κ3) is 5.42. The fourth-order valence-electron chi connectivity index (χ4n) is 3.14. The van der Waals surface area contributed by atoms with Crippen LogP contribution in [0.25, 0.3) is 0 Å². The monoisotopic (exact) mass is 506 g/mol. The van der Waals surface area contributed by atoms with E-state index in [1.807, 2.05) is 0 Å². The average molecular weight is 507 g/mol. The van der Waals surface area contributed by atoms with Crippen LogP contribution in [0.5, 0.6) is 0 Å². The summed E-state index contributed by atoms with van der Waals surface area (Å²) in [6, 6.07) is 8.57. The first-order chi connectivity index (χ1) is 14.6. The molecular formula is C19H21Cl2N2O6PS. The molecule has 1 aliphatic rings. The summed E-state index contributed by atoms with van der Waals surface area (Å²) in [5.74, 6) is -0.197. The van der Waals surface area contributed by atoms with Crippen LogP contribution in [0.3, 0.4) is 0 Å². The summed E-state index contributed by atoms with van der Waals surface area (Å²) in [4.78, 5) is 11.5. The molecular weight excluding hydrogens is 486 g/mol. The molecule has 0 fully saturated rings. The molecule has 0 saturated carbocycles. The quantitative estimate of drug-likeness (QED) is 0.485. The van der Waals surface area contributed by atoms with Crippen LogP contribution in [-0.2, 0) is 34.9 Å². The zero-order chi connectivity index (χ0) is 22.8. The molecule has 1 N–H and O–H groups in total. The maximum absolute atomic E-state index is 13.6. The molecule has 31 heavy (non-hydrogen) atoms. The van der Waals surface area contributed by atoms with Gasteiger partial charge in [0.15, 0.2) is 0 Å². The summed E-state index contributed by atoms with van der Waals surface area (Å²) in [6.45, 7) is 3.40. The van der Waals surface area contributed by atoms with Crippen molar-refractivity contribution in [2.45, 2.75) is 25.2 Å². The van der Waals surface area contributed by atoms with E-state index >= 15 is 0 Å². The number of carbonyl (C=O) groups excluding carboxylic acids is 1. The highest BCUT2D eigenvalue weighted by atomic mass is 35.5. The molecule has 2 aromatic carbocycles. The van der Waals surface area contributed by atoms with E-state index in [1.54, 1.807) is 26.0 Å². The number of carbonyl (C=O) groups is 1. The lowest BCUT2D eigenvalue weighted by Gasteiger charge is -2.28. The van der Waals surface area contributed by atoms with E-state index in [0.29, 0.717) is 11.3 Å². The van der Waals surface area contributed by atoms with Crippen LogP contribution in [0.1, 0.15) is 19.4 Å². The van der Waals surface area contributed by atoms with Gasteiger partial charge in [0.1, 0.15) is 6.29 Å². The summed E-state index contributed by atoms with van der Waals surface area (Å²) in [6.07, 6.45) is -0.462. The van der Waals surface area contributed by atoms with Crippen molar-refractivity contribution in [3.05, 3.63) is 52.0 Å². The van der Waals surface area contributed by atoms with Crippen molar-refractivity contribution in [1.29, 1.82) is 0 Å². The number of fused-ring (bicyclic) bond motifs is 1. The molecule has 0 aromatic heterocycles. The number of hydrogen-bond acceptors (Lipinski definition) is 6. The van der Waals surface area contributed by atoms with Gasteiger partial charge in [0.25, 0.3) is 10.0 Å². The molecule has 0 atom stereocenters. The second-order valence-electron chi connectivity index (χ2n) is 6.61. The Labute approximate surface area is 191 Å². The maximum Gasteiger partial charge on any atom is 0.350 e. The van der Waals surface area contributed by atoms with E-state index in [4.69, 9.17) is 32.2 Å². The molecule has 12 heteroatoms. The van der Waals surface area contributed by atoms with Crippen LogP contribution in [0.15, 0.2) is 41.3 Å². The minimum Gasteiger partial charge on any atom is -0.326 e. The summed E-state index contributed by atoms with van der Waals surface area (Å²) in [7, 11) is -8.09. The molecule has 168 valence electrons. The number of amides is 1. The summed E-state index contributed by atoms with van der Waals surface area (Å²) in [5.41, 5.74) is 1.41. The average Bonchev–Trinajstić information content (AvgIpc) is 3.05. The summed E-state index contributed by atoms with van der Waals surface area (Å²) < 4.78 is 52.0. The summed E-state index contributed by atoms with van der Waals surface area (Å²) >= 11 is 12.0. The van der Waals surface area contributed by atoms with Gasteiger partial charge in [0.05, 0.1) is 30.2 Å². The van der Waals surface area contributed by atoms with Crippen LogP contribution in [0.4, 0.5) is 11.4 Å². The lowest BCUT2D eigenvalue weighted by molar-refractivity contribution is -0.115. The van der Waals surface area contributed by atoms with Crippen molar-refractivity contribution >= 4 is 58.1 Å². The lowest BCUT2D eigenvalue weighted by atomic mass is 10.1. The van der Waals surface area contributed by atoms with E-state index in [9.17, 15) is 17.8 Å². The predicted octanol–water partition coefficient (Wildman–Crippen LogP) is 4.91. The Hall–Kier alpha value is -1.61. The second-order valence-corrected chi connectivity index (χ2v) is 11.4. The van der Waals surface area contributed by atoms with Gasteiger partial charge in [0.2, 0.25) is 5.91 Å². The number of sulfonamides is 1. The lowest BCUT2D eigenvalue weighted by Crippen LogP contribution is -2.33. The molecule has 3 rings (SSSR count). The highest BCUT2D eigenvalue weighted by Crippen LogP contribution is 2.50. The van der Waals surface area contributed by atoms with Gasteiger partial charge >= 0.3 is 7.60 Å². The van der Waals surface area contributed by atoms with E-state index in [1.165, 1.54) is 24.3 Å². The molecule has 1 heterocycles. The standard InChI is InChI=1S/C19H21Cl2N2O6PS/c1-3-28-30(25,29-4-2)12-23(16-5-6-18-13(7-16)8-19(24)22-18)31(26,27)17-10-14(20)9-15(21)11-17/h5-7,9-11H,3-4,8,12H2,1-2H3,(H,22,24). The number of hydrogen-bond donors (Lipinski definition) is 1. The number of rotatable bonds is 9. The molecule has 1 aliphatic heterocycles. The Kier molecular flexibility index (Phi) is 7.35. The second kappa shape index (κ2) is 9.48. The van der Waals surface area contributed by atoms with Gasteiger partial charge in [-0.05, 0) is 55.8 Å². The van der Waals surface area contributed by atoms with Gasteiger partial charge in [-0.25, -0.2) is 8.42 Å². The Bertz CT molecular complexity index is 1130. The van der Waals surface area contributed by atoms with E-state index in [2.05, 4.69) is 5.32 Å². The first-order valence-electron chi connectivity index (χ1n) is 9.37. The molecule has 2 aromatic rings. The van der Waals surface area contributed by atoms with Crippen molar-refractivity contribution in [1.82, 2.24) is 0 Å². The predicted molar refractivity (Wildman–Crippen MR) is 121 cm³/mol. The first-order valence-corrected chi connectivity index (χ1v) is 13.3. The van der Waals surface area contributed by atoms with Crippen molar-refractivity contribution in [3.8, 4) is 0 Å². The van der Waals surface area contributed by atoms with Crippen molar-refractivity contribution in [2.75, 3.05) is 29.1 Å². The number of benzene rings is 2. The normalized spacial score (nSPS) is 13.7. The van der Waals surface area contributed by atoms with Gasteiger partial charge in [-0.2, -0.15) is 0 Å². The molecule has 0 radical (unpaired) electrons. The van der Waals surface area contributed by atoms with Crippen LogP contribution >= 0.6 is 30.8 Å². The smallest absolute Gasteiger partial charge is 0.326 e. The Balaban J connectivity index is 2.13. The highest BCUT2D eigenvalue weighted by molar-refractivity contribution is 7.93. The van der Waals surface area contributed by atoms with Gasteiger partial charge in [0, 0.05) is 15.7 Å². The molecule has 0 spiro atoms. The molecule has 0 saturated heterocycles. The van der Waals surface area contributed by atoms with Gasteiger partial charge in [-0.15, -0.1) is 0 Å². The fourth-order valence-corrected chi connectivity index (χ4v) is 7.53. The van der Waals surface area contributed by atoms with Gasteiger partial charge in [-0.1, -0.05) is 23.2 Å². The third-order valence-corrected chi connectivity index (χ3v) is 8.69. The fraction of sp³-hybridized carbons (Fsp3) is 0.316. The van der Waals surface area contributed by atoms with Gasteiger partial charge < -0.3 is 14.4 Å². The Morgan fingerprint density at radius 2 is 1.68 bits per heavy atom. The van der Waals surface area contributed by atoms with Gasteiger partial charge in [-0.3, -0.25) is 13.7 Å². The maximum atomic E-state index is 13.6. The molecule has 1 amide bonds. The number of nitrogens with zero attached hydrogens (tertiary/aromatic N) is 1. The van der Waals surface area contributed by atoms with Crippen LogP contribution in [-0.4, -0.2) is 33.8 Å². The molecule has 8 nitrogen and oxygen atoms in total. The number of halogens is 2. The minimum absolute atomic E-state index is 0.0662. The third-order valence-electron chi connectivity index (χ3n) is 4.38. The molecule has 0 bridgehead atoms. The van der Waals surface area contributed by atoms with E-state index < -0.39 is 23.9 Å². The Morgan fingerprint density at radius 3 is 2.26 bits per heavy atom. The largest absolute Gasteiger partial charge is 0.350 e. The SMILES string of the molecule is CCOP(=O)(CN(c1ccc2c(c1)CC(=O)N2)S(=O)(=O)c1cc(Cl)cc(Cl)c1)OCC. The number of nitrogens with one attached hydrogen (secondary N) is 1. The zero-order valence-corrected chi connectivity index (χ0v) is 20.0. The van der Waals surface area contributed by atoms with E-state index in [-0.39, 0.29) is 46.2 Å². The molecule has 0 unspecified atom stereocenters. The first kappa shape index (κ1) is 24.0.